The van der Waals surface area contributed by atoms with Crippen molar-refractivity contribution < 1.29 is 14.3 Å². The van der Waals surface area contributed by atoms with Gasteiger partial charge < -0.3 is 9.64 Å². The molecule has 1 aliphatic heterocycles. The molecule has 2 amide bonds. The number of esters is 1. The largest absolute Gasteiger partial charge is 0.465 e. The first-order valence-electron chi connectivity index (χ1n) is 7.34. The second-order valence-electron chi connectivity index (χ2n) is 5.29. The number of nitrogens with one attached hydrogen (secondary N) is 1. The van der Waals surface area contributed by atoms with Gasteiger partial charge in [0.05, 0.1) is 12.7 Å². The Morgan fingerprint density at radius 2 is 1.96 bits per heavy atom. The van der Waals surface area contributed by atoms with Gasteiger partial charge in [-0.2, -0.15) is 0 Å². The number of amides is 2. The smallest absolute Gasteiger partial charge is 0.339 e. The second kappa shape index (κ2) is 6.48. The number of benzene rings is 1. The maximum atomic E-state index is 12.3. The van der Waals surface area contributed by atoms with Crippen LogP contribution in [0.5, 0.6) is 0 Å². The number of aromatic nitrogens is 1. The molecule has 1 N–H and O–H groups in total. The predicted molar refractivity (Wildman–Crippen MR) is 85.2 cm³/mol. The molecule has 3 rings (SSSR count). The maximum absolute atomic E-state index is 12.3. The summed E-state index contributed by atoms with van der Waals surface area (Å²) in [6, 6.07) is 11.1. The van der Waals surface area contributed by atoms with Crippen molar-refractivity contribution in [2.45, 2.75) is 13.0 Å². The van der Waals surface area contributed by atoms with E-state index in [1.165, 1.54) is 24.4 Å². The number of fused-ring (bicyclic) bond motifs is 1. The van der Waals surface area contributed by atoms with E-state index in [1.807, 2.05) is 18.2 Å². The lowest BCUT2D eigenvalue weighted by Crippen LogP contribution is -2.39. The van der Waals surface area contributed by atoms with Gasteiger partial charge in [0, 0.05) is 19.3 Å². The Bertz CT molecular complexity index is 728. The van der Waals surface area contributed by atoms with Gasteiger partial charge in [0.25, 0.3) is 0 Å². The number of carbonyl (C=O) groups is 2. The topological polar surface area (TPSA) is 71.5 Å². The Hall–Kier alpha value is -2.89. The van der Waals surface area contributed by atoms with Gasteiger partial charge >= 0.3 is 12.0 Å². The molecule has 6 heteroatoms. The van der Waals surface area contributed by atoms with Crippen LogP contribution < -0.4 is 5.32 Å². The molecule has 0 aliphatic carbocycles. The first-order valence-corrected chi connectivity index (χ1v) is 7.34. The van der Waals surface area contributed by atoms with E-state index in [0.717, 1.165) is 6.42 Å². The lowest BCUT2D eigenvalue weighted by molar-refractivity contribution is 0.0600. The normalized spacial score (nSPS) is 13.2. The van der Waals surface area contributed by atoms with Crippen LogP contribution in [0.4, 0.5) is 10.6 Å². The van der Waals surface area contributed by atoms with Gasteiger partial charge in [0.1, 0.15) is 5.82 Å². The highest BCUT2D eigenvalue weighted by atomic mass is 16.5. The number of urea groups is 1. The van der Waals surface area contributed by atoms with Crippen LogP contribution in [0.25, 0.3) is 0 Å². The Kier molecular flexibility index (Phi) is 4.23. The fourth-order valence-corrected chi connectivity index (χ4v) is 2.56. The van der Waals surface area contributed by atoms with E-state index in [1.54, 1.807) is 17.0 Å². The molecule has 6 nitrogen and oxygen atoms in total. The zero-order chi connectivity index (χ0) is 16.2. The molecule has 0 saturated heterocycles. The van der Waals surface area contributed by atoms with Gasteiger partial charge in [-0.3, -0.25) is 5.32 Å². The summed E-state index contributed by atoms with van der Waals surface area (Å²) in [4.78, 5) is 29.5. The monoisotopic (exact) mass is 311 g/mol. The molecule has 0 atom stereocenters. The number of ether oxygens (including phenoxy) is 1. The van der Waals surface area contributed by atoms with Gasteiger partial charge in [0.15, 0.2) is 0 Å². The van der Waals surface area contributed by atoms with E-state index in [2.05, 4.69) is 21.1 Å². The SMILES string of the molecule is COC(=O)c1ccc(NC(=O)N2CCc3ccccc3C2)nc1. The molecule has 0 saturated carbocycles. The third-order valence-corrected chi connectivity index (χ3v) is 3.84. The van der Waals surface area contributed by atoms with Crippen molar-refractivity contribution in [3.05, 3.63) is 59.3 Å². The van der Waals surface area contributed by atoms with Crippen LogP contribution in [0, 0.1) is 0 Å². The van der Waals surface area contributed by atoms with Crippen LogP contribution in [-0.4, -0.2) is 35.5 Å². The highest BCUT2D eigenvalue weighted by Gasteiger charge is 2.20. The molecule has 118 valence electrons. The third-order valence-electron chi connectivity index (χ3n) is 3.84. The van der Waals surface area contributed by atoms with E-state index in [4.69, 9.17) is 0 Å². The number of pyridine rings is 1. The van der Waals surface area contributed by atoms with E-state index < -0.39 is 5.97 Å². The highest BCUT2D eigenvalue weighted by Crippen LogP contribution is 2.19. The van der Waals surface area contributed by atoms with Crippen LogP contribution in [0.2, 0.25) is 0 Å². The zero-order valence-corrected chi connectivity index (χ0v) is 12.8. The third kappa shape index (κ3) is 3.31. The van der Waals surface area contributed by atoms with Crippen LogP contribution in [-0.2, 0) is 17.7 Å². The summed E-state index contributed by atoms with van der Waals surface area (Å²) >= 11 is 0. The summed E-state index contributed by atoms with van der Waals surface area (Å²) < 4.78 is 4.61. The fourth-order valence-electron chi connectivity index (χ4n) is 2.56. The fraction of sp³-hybridized carbons (Fsp3) is 0.235. The van der Waals surface area contributed by atoms with Crippen molar-refractivity contribution in [1.82, 2.24) is 9.88 Å². The predicted octanol–water partition coefficient (Wildman–Crippen LogP) is 2.46. The lowest BCUT2D eigenvalue weighted by Gasteiger charge is -2.28. The average molecular weight is 311 g/mol. The Morgan fingerprint density at radius 3 is 2.65 bits per heavy atom. The van der Waals surface area contributed by atoms with Crippen molar-refractivity contribution in [2.24, 2.45) is 0 Å². The van der Waals surface area contributed by atoms with Gasteiger partial charge in [-0.05, 0) is 29.7 Å². The molecule has 0 radical (unpaired) electrons. The molecule has 0 unspecified atom stereocenters. The first-order chi connectivity index (χ1) is 11.2. The lowest BCUT2D eigenvalue weighted by atomic mass is 10.0. The van der Waals surface area contributed by atoms with Crippen molar-refractivity contribution >= 4 is 17.8 Å². The second-order valence-corrected chi connectivity index (χ2v) is 5.29. The summed E-state index contributed by atoms with van der Waals surface area (Å²) in [6.45, 7) is 1.26. The molecule has 1 aliphatic rings. The molecule has 1 aromatic heterocycles. The van der Waals surface area contributed by atoms with Crippen molar-refractivity contribution in [3.8, 4) is 0 Å². The van der Waals surface area contributed by atoms with E-state index in [-0.39, 0.29) is 6.03 Å². The summed E-state index contributed by atoms with van der Waals surface area (Å²) in [6.07, 6.45) is 2.23. The van der Waals surface area contributed by atoms with E-state index >= 15 is 0 Å². The van der Waals surface area contributed by atoms with Crippen LogP contribution >= 0.6 is 0 Å². The summed E-state index contributed by atoms with van der Waals surface area (Å²) in [5, 5.41) is 2.75. The molecule has 0 fully saturated rings. The van der Waals surface area contributed by atoms with Crippen molar-refractivity contribution in [2.75, 3.05) is 19.0 Å². The van der Waals surface area contributed by atoms with Crippen molar-refractivity contribution in [1.29, 1.82) is 0 Å². The molecular formula is C17H17N3O3. The minimum Gasteiger partial charge on any atom is -0.465 e. The first kappa shape index (κ1) is 15.0. The highest BCUT2D eigenvalue weighted by molar-refractivity contribution is 5.91. The number of hydrogen-bond donors (Lipinski definition) is 1. The summed E-state index contributed by atoms with van der Waals surface area (Å²) in [5.74, 6) is -0.0514. The molecular weight excluding hydrogens is 294 g/mol. The number of hydrogen-bond acceptors (Lipinski definition) is 4. The minimum atomic E-state index is -0.456. The minimum absolute atomic E-state index is 0.196. The van der Waals surface area contributed by atoms with Crippen molar-refractivity contribution in [3.63, 3.8) is 0 Å². The molecule has 0 bridgehead atoms. The number of anilines is 1. The average Bonchev–Trinajstić information content (AvgIpc) is 2.61. The molecule has 1 aromatic carbocycles. The molecule has 0 spiro atoms. The Balaban J connectivity index is 1.65. The summed E-state index contributed by atoms with van der Waals surface area (Å²) in [7, 11) is 1.31. The van der Waals surface area contributed by atoms with Gasteiger partial charge in [-0.25, -0.2) is 14.6 Å². The number of carbonyl (C=O) groups excluding carboxylic acids is 2. The zero-order valence-electron chi connectivity index (χ0n) is 12.8. The molecule has 2 aromatic rings. The van der Waals surface area contributed by atoms with Gasteiger partial charge in [-0.15, -0.1) is 0 Å². The quantitative estimate of drug-likeness (QED) is 0.865. The molecule has 2 heterocycles. The van der Waals surface area contributed by atoms with E-state index in [9.17, 15) is 9.59 Å². The number of rotatable bonds is 2. The Labute approximate surface area is 134 Å². The van der Waals surface area contributed by atoms with Crippen LogP contribution in [0.15, 0.2) is 42.6 Å². The Morgan fingerprint density at radius 1 is 1.17 bits per heavy atom. The number of methoxy groups -OCH3 is 1. The van der Waals surface area contributed by atoms with E-state index in [0.29, 0.717) is 24.5 Å². The van der Waals surface area contributed by atoms with Gasteiger partial charge in [0.2, 0.25) is 0 Å². The standard InChI is InChI=1S/C17H17N3O3/c1-23-16(21)13-6-7-15(18-10-13)19-17(22)20-9-8-12-4-2-3-5-14(12)11-20/h2-7,10H,8-9,11H2,1H3,(H,18,19,22). The maximum Gasteiger partial charge on any atom is 0.339 e. The molecule has 23 heavy (non-hydrogen) atoms. The summed E-state index contributed by atoms with van der Waals surface area (Å²) in [5.41, 5.74) is 2.80. The van der Waals surface area contributed by atoms with Crippen LogP contribution in [0.1, 0.15) is 21.5 Å². The van der Waals surface area contributed by atoms with Crippen LogP contribution in [0.3, 0.4) is 0 Å². The van der Waals surface area contributed by atoms with Gasteiger partial charge in [-0.1, -0.05) is 24.3 Å². The number of nitrogens with zero attached hydrogens (tertiary/aromatic N) is 2.